The minimum Gasteiger partial charge on any atom is -0.497 e. The second-order valence-corrected chi connectivity index (χ2v) is 9.66. The van der Waals surface area contributed by atoms with Crippen molar-refractivity contribution in [3.8, 4) is 5.75 Å². The summed E-state index contributed by atoms with van der Waals surface area (Å²) in [6.45, 7) is 3.87. The number of hydrogen-bond acceptors (Lipinski definition) is 5. The Morgan fingerprint density at radius 2 is 1.91 bits per heavy atom. The molecule has 1 aliphatic rings. The average molecular weight is 478 g/mol. The SMILES string of the molecule is COc1ccc(CN(CC(=O)Nc2ccc(N3CCCC3=O)cc2)[C@H](C)Cc2cccs2)cc1. The number of rotatable bonds is 10. The molecule has 0 bridgehead atoms. The maximum atomic E-state index is 13.0. The number of methoxy groups -OCH3 is 1. The van der Waals surface area contributed by atoms with Crippen molar-refractivity contribution in [2.75, 3.05) is 30.4 Å². The van der Waals surface area contributed by atoms with Crippen LogP contribution in [0.3, 0.4) is 0 Å². The molecule has 2 aromatic carbocycles. The topological polar surface area (TPSA) is 61.9 Å². The molecule has 1 aliphatic heterocycles. The van der Waals surface area contributed by atoms with E-state index in [1.54, 1.807) is 23.3 Å². The lowest BCUT2D eigenvalue weighted by atomic mass is 10.1. The molecule has 0 aliphatic carbocycles. The molecule has 0 radical (unpaired) electrons. The first-order chi connectivity index (χ1) is 16.5. The number of amides is 2. The van der Waals surface area contributed by atoms with Gasteiger partial charge in [0.25, 0.3) is 0 Å². The first kappa shape index (κ1) is 24.0. The molecule has 2 heterocycles. The van der Waals surface area contributed by atoms with Crippen LogP contribution in [-0.2, 0) is 22.6 Å². The van der Waals surface area contributed by atoms with Crippen molar-refractivity contribution in [3.05, 3.63) is 76.5 Å². The van der Waals surface area contributed by atoms with Gasteiger partial charge in [-0.2, -0.15) is 0 Å². The first-order valence-corrected chi connectivity index (χ1v) is 12.5. The average Bonchev–Trinajstić information content (AvgIpc) is 3.51. The van der Waals surface area contributed by atoms with Gasteiger partial charge in [-0.3, -0.25) is 14.5 Å². The standard InChI is InChI=1S/C27H31N3O3S/c1-20(17-25-5-4-16-34-25)29(18-21-7-13-24(33-2)14-8-21)19-26(31)28-22-9-11-23(12-10-22)30-15-3-6-27(30)32/h4-5,7-14,16,20H,3,6,15,17-19H2,1-2H3,(H,28,31)/t20-/m1/s1. The number of nitrogens with one attached hydrogen (secondary N) is 1. The molecule has 1 atom stereocenters. The van der Waals surface area contributed by atoms with Crippen LogP contribution in [0.5, 0.6) is 5.75 Å². The van der Waals surface area contributed by atoms with Crippen LogP contribution in [0.25, 0.3) is 0 Å². The number of thiophene rings is 1. The molecule has 4 rings (SSSR count). The molecule has 0 unspecified atom stereocenters. The van der Waals surface area contributed by atoms with Crippen molar-refractivity contribution in [2.45, 2.75) is 38.8 Å². The normalized spacial score (nSPS) is 14.4. The van der Waals surface area contributed by atoms with Crippen LogP contribution in [0.1, 0.15) is 30.2 Å². The summed E-state index contributed by atoms with van der Waals surface area (Å²) in [7, 11) is 1.66. The second kappa shape index (κ2) is 11.3. The van der Waals surface area contributed by atoms with Crippen molar-refractivity contribution >= 4 is 34.5 Å². The molecule has 1 aromatic heterocycles. The number of carbonyl (C=O) groups is 2. The molecule has 0 spiro atoms. The second-order valence-electron chi connectivity index (χ2n) is 8.63. The monoisotopic (exact) mass is 477 g/mol. The van der Waals surface area contributed by atoms with Crippen LogP contribution in [0.2, 0.25) is 0 Å². The van der Waals surface area contributed by atoms with Gasteiger partial charge in [0.2, 0.25) is 11.8 Å². The van der Waals surface area contributed by atoms with E-state index in [0.717, 1.165) is 42.1 Å². The summed E-state index contributed by atoms with van der Waals surface area (Å²) in [5, 5.41) is 5.10. The minimum atomic E-state index is -0.0588. The first-order valence-electron chi connectivity index (χ1n) is 11.6. The number of benzene rings is 2. The van der Waals surface area contributed by atoms with Gasteiger partial charge in [-0.25, -0.2) is 0 Å². The molecular formula is C27H31N3O3S. The van der Waals surface area contributed by atoms with E-state index in [-0.39, 0.29) is 24.4 Å². The third kappa shape index (κ3) is 6.24. The van der Waals surface area contributed by atoms with Gasteiger partial charge in [-0.1, -0.05) is 18.2 Å². The summed E-state index contributed by atoms with van der Waals surface area (Å²) < 4.78 is 5.27. The molecule has 34 heavy (non-hydrogen) atoms. The Kier molecular flexibility index (Phi) is 7.98. The molecule has 7 heteroatoms. The van der Waals surface area contributed by atoms with Crippen LogP contribution >= 0.6 is 11.3 Å². The van der Waals surface area contributed by atoms with E-state index >= 15 is 0 Å². The molecule has 6 nitrogen and oxygen atoms in total. The smallest absolute Gasteiger partial charge is 0.238 e. The van der Waals surface area contributed by atoms with Crippen LogP contribution in [0.4, 0.5) is 11.4 Å². The Hall–Kier alpha value is -3.16. The Bertz CT molecular complexity index is 1080. The molecule has 2 amide bonds. The van der Waals surface area contributed by atoms with E-state index in [2.05, 4.69) is 34.7 Å². The highest BCUT2D eigenvalue weighted by atomic mass is 32.1. The molecule has 3 aromatic rings. The van der Waals surface area contributed by atoms with Crippen molar-refractivity contribution in [1.29, 1.82) is 0 Å². The third-order valence-electron chi connectivity index (χ3n) is 6.13. The molecule has 0 saturated carbocycles. The van der Waals surface area contributed by atoms with Crippen molar-refractivity contribution < 1.29 is 14.3 Å². The lowest BCUT2D eigenvalue weighted by molar-refractivity contribution is -0.118. The van der Waals surface area contributed by atoms with Gasteiger partial charge in [0.15, 0.2) is 0 Å². The van der Waals surface area contributed by atoms with E-state index in [9.17, 15) is 9.59 Å². The molecule has 178 valence electrons. The van der Waals surface area contributed by atoms with E-state index in [1.165, 1.54) is 4.88 Å². The van der Waals surface area contributed by atoms with Gasteiger partial charge in [0, 0.05) is 41.8 Å². The number of anilines is 2. The van der Waals surface area contributed by atoms with Crippen molar-refractivity contribution in [1.82, 2.24) is 4.90 Å². The Labute approximate surface area is 205 Å². The van der Waals surface area contributed by atoms with Crippen molar-refractivity contribution in [3.63, 3.8) is 0 Å². The fourth-order valence-corrected chi connectivity index (χ4v) is 5.04. The summed E-state index contributed by atoms with van der Waals surface area (Å²) in [5.41, 5.74) is 2.74. The molecule has 1 N–H and O–H groups in total. The summed E-state index contributed by atoms with van der Waals surface area (Å²) in [6, 6.07) is 19.9. The van der Waals surface area contributed by atoms with Gasteiger partial charge in [-0.05, 0) is 73.2 Å². The number of ether oxygens (including phenoxy) is 1. The van der Waals surface area contributed by atoms with Gasteiger partial charge >= 0.3 is 0 Å². The van der Waals surface area contributed by atoms with E-state index in [0.29, 0.717) is 13.0 Å². The highest BCUT2D eigenvalue weighted by molar-refractivity contribution is 7.09. The Morgan fingerprint density at radius 3 is 2.53 bits per heavy atom. The predicted octanol–water partition coefficient (Wildman–Crippen LogP) is 4.96. The summed E-state index contributed by atoms with van der Waals surface area (Å²) in [4.78, 5) is 30.3. The predicted molar refractivity (Wildman–Crippen MR) is 138 cm³/mol. The van der Waals surface area contributed by atoms with Gasteiger partial charge < -0.3 is 15.0 Å². The number of hydrogen-bond donors (Lipinski definition) is 1. The fourth-order valence-electron chi connectivity index (χ4n) is 4.21. The third-order valence-corrected chi connectivity index (χ3v) is 7.03. The largest absolute Gasteiger partial charge is 0.497 e. The molecule has 1 fully saturated rings. The number of carbonyl (C=O) groups excluding carboxylic acids is 2. The summed E-state index contributed by atoms with van der Waals surface area (Å²) in [6.07, 6.45) is 2.39. The Morgan fingerprint density at radius 1 is 1.15 bits per heavy atom. The van der Waals surface area contributed by atoms with Crippen LogP contribution in [0.15, 0.2) is 66.0 Å². The van der Waals surface area contributed by atoms with E-state index < -0.39 is 0 Å². The van der Waals surface area contributed by atoms with Gasteiger partial charge in [-0.15, -0.1) is 11.3 Å². The molecular weight excluding hydrogens is 446 g/mol. The highest BCUT2D eigenvalue weighted by Crippen LogP contribution is 2.23. The van der Waals surface area contributed by atoms with Crippen molar-refractivity contribution in [2.24, 2.45) is 0 Å². The highest BCUT2D eigenvalue weighted by Gasteiger charge is 2.22. The number of nitrogens with zero attached hydrogens (tertiary/aromatic N) is 2. The zero-order chi connectivity index (χ0) is 23.9. The zero-order valence-corrected chi connectivity index (χ0v) is 20.5. The summed E-state index contributed by atoms with van der Waals surface area (Å²) in [5.74, 6) is 0.918. The Balaban J connectivity index is 1.41. The lowest BCUT2D eigenvalue weighted by Crippen LogP contribution is -2.40. The fraction of sp³-hybridized carbons (Fsp3) is 0.333. The lowest BCUT2D eigenvalue weighted by Gasteiger charge is -2.28. The van der Waals surface area contributed by atoms with E-state index in [4.69, 9.17) is 4.74 Å². The van der Waals surface area contributed by atoms with Crippen LogP contribution in [-0.4, -0.2) is 43.0 Å². The molecule has 1 saturated heterocycles. The van der Waals surface area contributed by atoms with Gasteiger partial charge in [0.05, 0.1) is 13.7 Å². The van der Waals surface area contributed by atoms with Crippen LogP contribution in [0, 0.1) is 0 Å². The van der Waals surface area contributed by atoms with Crippen LogP contribution < -0.4 is 15.0 Å². The zero-order valence-electron chi connectivity index (χ0n) is 19.7. The maximum Gasteiger partial charge on any atom is 0.238 e. The quantitative estimate of drug-likeness (QED) is 0.449. The van der Waals surface area contributed by atoms with Gasteiger partial charge in [0.1, 0.15) is 5.75 Å². The summed E-state index contributed by atoms with van der Waals surface area (Å²) >= 11 is 1.74. The minimum absolute atomic E-state index is 0.0588. The maximum absolute atomic E-state index is 13.0. The van der Waals surface area contributed by atoms with E-state index in [1.807, 2.05) is 48.5 Å².